The van der Waals surface area contributed by atoms with E-state index in [4.69, 9.17) is 4.99 Å². The van der Waals surface area contributed by atoms with E-state index in [9.17, 15) is 4.79 Å². The number of carbonyl (C=O) groups is 1. The number of nitrogens with one attached hydrogen (secondary N) is 1. The molecule has 1 aliphatic heterocycles. The van der Waals surface area contributed by atoms with Crippen molar-refractivity contribution >= 4 is 49.7 Å². The number of amides is 1. The number of rotatable bonds is 3. The second kappa shape index (κ2) is 8.63. The summed E-state index contributed by atoms with van der Waals surface area (Å²) >= 11 is 5.01. The third-order valence-corrected chi connectivity index (χ3v) is 6.07. The molecule has 0 unspecified atom stereocenters. The number of benzene rings is 3. The molecule has 0 bridgehead atoms. The monoisotopic (exact) mass is 539 g/mol. The summed E-state index contributed by atoms with van der Waals surface area (Å²) in [6, 6.07) is 25.9. The molecule has 1 N–H and O–H groups in total. The number of anilines is 1. The topological polar surface area (TPSA) is 45.3 Å². The first-order valence-electron chi connectivity index (χ1n) is 9.05. The van der Waals surface area contributed by atoms with E-state index in [-0.39, 0.29) is 22.9 Å². The van der Waals surface area contributed by atoms with Crippen molar-refractivity contribution < 1.29 is 26.3 Å². The fourth-order valence-electron chi connectivity index (χ4n) is 3.35. The van der Waals surface area contributed by atoms with E-state index in [0.29, 0.717) is 5.71 Å². The Kier molecular flexibility index (Phi) is 5.94. The third kappa shape index (κ3) is 3.76. The molecular formula is C23H15Br2N3OS. The van der Waals surface area contributed by atoms with E-state index in [1.165, 1.54) is 11.3 Å². The van der Waals surface area contributed by atoms with Crippen LogP contribution in [0.2, 0.25) is 0 Å². The first-order chi connectivity index (χ1) is 14.2. The van der Waals surface area contributed by atoms with Crippen LogP contribution in [0.5, 0.6) is 0 Å². The molecule has 1 amide bonds. The smallest absolute Gasteiger partial charge is 0.388 e. The second-order valence-electron chi connectivity index (χ2n) is 6.54. The van der Waals surface area contributed by atoms with Gasteiger partial charge in [-0.3, -0.25) is 4.79 Å². The van der Waals surface area contributed by atoms with Gasteiger partial charge in [-0.1, -0.05) is 46.3 Å². The van der Waals surface area contributed by atoms with Crippen LogP contribution in [0, 0.1) is 0 Å². The number of hydrogen-bond acceptors (Lipinski definition) is 3. The zero-order valence-electron chi connectivity index (χ0n) is 15.5. The quantitative estimate of drug-likeness (QED) is 0.399. The summed E-state index contributed by atoms with van der Waals surface area (Å²) < 4.78 is 3.12. The van der Waals surface area contributed by atoms with Crippen LogP contribution < -0.4 is 26.9 Å². The lowest BCUT2D eigenvalue weighted by atomic mass is 10.1. The largest absolute Gasteiger partial charge is 1.00 e. The Bertz CT molecular complexity index is 1250. The first-order valence-corrected chi connectivity index (χ1v) is 10.7. The Morgan fingerprint density at radius 1 is 0.900 bits per heavy atom. The number of halogens is 2. The lowest BCUT2D eigenvalue weighted by Gasteiger charge is -2.04. The van der Waals surface area contributed by atoms with Crippen molar-refractivity contribution in [3.8, 4) is 16.9 Å². The minimum absolute atomic E-state index is 0. The van der Waals surface area contributed by atoms with E-state index < -0.39 is 0 Å². The number of aromatic nitrogens is 1. The lowest BCUT2D eigenvalue weighted by molar-refractivity contribution is -0.565. The van der Waals surface area contributed by atoms with Crippen LogP contribution in [0.1, 0.15) is 5.56 Å². The minimum Gasteiger partial charge on any atom is -1.00 e. The molecular weight excluding hydrogens is 526 g/mol. The molecule has 0 radical (unpaired) electrons. The number of fused-ring (bicyclic) bond motifs is 1. The van der Waals surface area contributed by atoms with Gasteiger partial charge in [-0.2, -0.15) is 4.57 Å². The van der Waals surface area contributed by atoms with Crippen molar-refractivity contribution in [3.63, 3.8) is 0 Å². The van der Waals surface area contributed by atoms with Gasteiger partial charge in [0.25, 0.3) is 5.71 Å². The summed E-state index contributed by atoms with van der Waals surface area (Å²) in [5, 5.41) is 5.72. The number of thiazole rings is 1. The highest BCUT2D eigenvalue weighted by Gasteiger charge is 2.32. The third-order valence-electron chi connectivity index (χ3n) is 4.72. The summed E-state index contributed by atoms with van der Waals surface area (Å²) in [5.41, 5.74) is 5.17. The molecule has 0 fully saturated rings. The lowest BCUT2D eigenvalue weighted by Crippen LogP contribution is -3.00. The van der Waals surface area contributed by atoms with Gasteiger partial charge >= 0.3 is 11.0 Å². The van der Waals surface area contributed by atoms with Gasteiger partial charge in [-0.05, 0) is 64.9 Å². The van der Waals surface area contributed by atoms with Gasteiger partial charge in [0.2, 0.25) is 0 Å². The molecule has 30 heavy (non-hydrogen) atoms. The highest BCUT2D eigenvalue weighted by Crippen LogP contribution is 2.30. The fraction of sp³-hybridized carbons (Fsp3) is 0. The Morgan fingerprint density at radius 3 is 2.37 bits per heavy atom. The molecule has 4 nitrogen and oxygen atoms in total. The Balaban J connectivity index is 0.00000218. The highest BCUT2D eigenvalue weighted by atomic mass is 79.9. The van der Waals surface area contributed by atoms with Gasteiger partial charge in [0.05, 0.1) is 11.3 Å². The van der Waals surface area contributed by atoms with Crippen molar-refractivity contribution in [1.82, 2.24) is 0 Å². The maximum absolute atomic E-state index is 12.5. The molecule has 0 aliphatic carbocycles. The summed E-state index contributed by atoms with van der Waals surface area (Å²) in [7, 11) is 0. The van der Waals surface area contributed by atoms with Crippen LogP contribution >= 0.6 is 27.3 Å². The number of nitrogens with zero attached hydrogens (tertiary/aromatic N) is 2. The van der Waals surface area contributed by atoms with Crippen LogP contribution in [-0.4, -0.2) is 11.6 Å². The number of hydrogen-bond donors (Lipinski definition) is 1. The van der Waals surface area contributed by atoms with Crippen molar-refractivity contribution in [3.05, 3.63) is 94.3 Å². The maximum Gasteiger partial charge on any atom is 0.388 e. The molecule has 3 aromatic carbocycles. The molecule has 0 atom stereocenters. The Labute approximate surface area is 196 Å². The highest BCUT2D eigenvalue weighted by molar-refractivity contribution is 9.10. The van der Waals surface area contributed by atoms with Gasteiger partial charge in [0.1, 0.15) is 5.69 Å². The molecule has 1 aliphatic rings. The van der Waals surface area contributed by atoms with Crippen molar-refractivity contribution in [2.75, 3.05) is 5.32 Å². The van der Waals surface area contributed by atoms with Crippen LogP contribution in [0.15, 0.2) is 93.7 Å². The number of para-hydroxylation sites is 2. The molecule has 0 saturated carbocycles. The molecule has 148 valence electrons. The Hall–Kier alpha value is -2.61. The zero-order chi connectivity index (χ0) is 19.8. The van der Waals surface area contributed by atoms with Crippen molar-refractivity contribution in [2.24, 2.45) is 4.99 Å². The SMILES string of the molecule is O=C1Nc2ccccc2/C1=N/c1scc(-c2ccc(Br)cc2)[n+]1-c1ccccc1.[Br-]. The van der Waals surface area contributed by atoms with Gasteiger partial charge in [0.15, 0.2) is 5.69 Å². The van der Waals surface area contributed by atoms with E-state index >= 15 is 0 Å². The average molecular weight is 541 g/mol. The van der Waals surface area contributed by atoms with Crippen LogP contribution in [0.25, 0.3) is 16.9 Å². The Morgan fingerprint density at radius 2 is 1.60 bits per heavy atom. The van der Waals surface area contributed by atoms with Gasteiger partial charge in [-0.25, -0.2) is 0 Å². The van der Waals surface area contributed by atoms with Gasteiger partial charge in [0, 0.05) is 15.4 Å². The average Bonchev–Trinajstić information content (AvgIpc) is 3.31. The van der Waals surface area contributed by atoms with E-state index in [2.05, 4.69) is 43.3 Å². The van der Waals surface area contributed by atoms with E-state index in [1.54, 1.807) is 0 Å². The molecule has 4 aromatic rings. The fourth-order valence-corrected chi connectivity index (χ4v) is 4.52. The van der Waals surface area contributed by atoms with Crippen LogP contribution in [0.3, 0.4) is 0 Å². The van der Waals surface area contributed by atoms with Gasteiger partial charge < -0.3 is 22.3 Å². The predicted octanol–water partition coefficient (Wildman–Crippen LogP) is 2.53. The normalized spacial score (nSPS) is 13.6. The summed E-state index contributed by atoms with van der Waals surface area (Å²) in [4.78, 5) is 17.3. The van der Waals surface area contributed by atoms with Crippen molar-refractivity contribution in [2.45, 2.75) is 0 Å². The second-order valence-corrected chi connectivity index (χ2v) is 8.29. The van der Waals surface area contributed by atoms with E-state index in [0.717, 1.165) is 37.8 Å². The van der Waals surface area contributed by atoms with Gasteiger partial charge in [-0.15, -0.1) is 0 Å². The molecule has 1 aromatic heterocycles. The van der Waals surface area contributed by atoms with Crippen LogP contribution in [0.4, 0.5) is 10.8 Å². The maximum atomic E-state index is 12.5. The molecule has 0 saturated heterocycles. The number of aliphatic imine (C=N–C) groups is 1. The zero-order valence-corrected chi connectivity index (χ0v) is 19.5. The number of carbonyl (C=O) groups excluding carboxylic acids is 1. The minimum atomic E-state index is -0.176. The predicted molar refractivity (Wildman–Crippen MR) is 120 cm³/mol. The molecule has 5 rings (SSSR count). The summed E-state index contributed by atoms with van der Waals surface area (Å²) in [5.74, 6) is -0.176. The molecule has 2 heterocycles. The van der Waals surface area contributed by atoms with Crippen molar-refractivity contribution in [1.29, 1.82) is 0 Å². The van der Waals surface area contributed by atoms with Crippen LogP contribution in [-0.2, 0) is 4.79 Å². The van der Waals surface area contributed by atoms with E-state index in [1.807, 2.05) is 66.7 Å². The molecule has 7 heteroatoms. The first kappa shape index (κ1) is 20.7. The standard InChI is InChI=1S/C23H14BrN3OS.BrH/c24-16-12-10-15(11-13-16)20-14-29-23(27(20)17-6-2-1-3-7-17)26-21-18-8-4-5-9-19(18)25-22(21)28;/h1-14H;1H. The summed E-state index contributed by atoms with van der Waals surface area (Å²) in [6.45, 7) is 0. The summed E-state index contributed by atoms with van der Waals surface area (Å²) in [6.07, 6.45) is 0. The molecule has 0 spiro atoms.